The third kappa shape index (κ3) is 3.29. The van der Waals surface area contributed by atoms with Crippen LogP contribution >= 0.6 is 0 Å². The normalized spacial score (nSPS) is 14.6. The molecular formula is C21H22N6O. The first-order valence-electron chi connectivity index (χ1n) is 9.46. The molecule has 0 spiro atoms. The maximum absolute atomic E-state index is 11.5. The molecule has 1 fully saturated rings. The van der Waals surface area contributed by atoms with Crippen LogP contribution in [0.25, 0.3) is 11.0 Å². The molecule has 1 saturated carbocycles. The van der Waals surface area contributed by atoms with Crippen molar-refractivity contribution in [3.63, 3.8) is 0 Å². The lowest BCUT2D eigenvalue weighted by Gasteiger charge is -2.22. The Balaban J connectivity index is 1.81. The summed E-state index contributed by atoms with van der Waals surface area (Å²) in [7, 11) is 0. The van der Waals surface area contributed by atoms with Gasteiger partial charge in [-0.25, -0.2) is 14.6 Å². The molecule has 4 rings (SSSR count). The highest BCUT2D eigenvalue weighted by molar-refractivity contribution is 5.93. The highest BCUT2D eigenvalue weighted by Crippen LogP contribution is 2.31. The Kier molecular flexibility index (Phi) is 4.70. The van der Waals surface area contributed by atoms with E-state index in [1.54, 1.807) is 12.1 Å². The van der Waals surface area contributed by atoms with Crippen LogP contribution in [-0.4, -0.2) is 25.7 Å². The number of carbonyl (C=O) groups excluding carboxylic acids is 1. The lowest BCUT2D eigenvalue weighted by Crippen LogP contribution is -2.14. The number of nitrogen functional groups attached to an aromatic ring is 1. The van der Waals surface area contributed by atoms with E-state index in [4.69, 9.17) is 16.6 Å². The van der Waals surface area contributed by atoms with Crippen LogP contribution in [0.4, 0.5) is 5.82 Å². The van der Waals surface area contributed by atoms with Crippen molar-refractivity contribution in [2.45, 2.75) is 45.1 Å². The number of fused-ring (bicyclic) bond motifs is 1. The molecule has 28 heavy (non-hydrogen) atoms. The molecule has 2 heterocycles. The second-order valence-corrected chi connectivity index (χ2v) is 7.19. The summed E-state index contributed by atoms with van der Waals surface area (Å²) in [5.41, 5.74) is 14.9. The Bertz CT molecular complexity index is 1120. The number of carbonyl (C=O) groups is 1. The van der Waals surface area contributed by atoms with Crippen LogP contribution in [-0.2, 0) is 0 Å². The standard InChI is InChI=1S/C21H22N6O/c1-13-7-8-15(20(23)28)11-14(13)9-10-17-18-19(22)24-12-25-21(18)27(26-17)16-5-3-2-4-6-16/h7-8,11-12,16H,2-6H2,1H3,(H2,23,28)(H2,22,24,25). The van der Waals surface area contributed by atoms with Crippen molar-refractivity contribution in [3.8, 4) is 11.8 Å². The Morgan fingerprint density at radius 3 is 2.71 bits per heavy atom. The topological polar surface area (TPSA) is 113 Å². The van der Waals surface area contributed by atoms with Crippen LogP contribution in [0, 0.1) is 18.8 Å². The van der Waals surface area contributed by atoms with Crippen molar-refractivity contribution in [2.24, 2.45) is 5.73 Å². The molecule has 0 atom stereocenters. The maximum atomic E-state index is 11.5. The van der Waals surface area contributed by atoms with Gasteiger partial charge in [0.05, 0.1) is 11.4 Å². The van der Waals surface area contributed by atoms with Crippen molar-refractivity contribution < 1.29 is 4.79 Å². The lowest BCUT2D eigenvalue weighted by molar-refractivity contribution is 0.1000. The molecule has 0 bridgehead atoms. The van der Waals surface area contributed by atoms with Gasteiger partial charge in [-0.1, -0.05) is 31.2 Å². The fraction of sp³-hybridized carbons (Fsp3) is 0.333. The summed E-state index contributed by atoms with van der Waals surface area (Å²) in [5.74, 6) is 6.13. The Labute approximate surface area is 163 Å². The number of hydrogen-bond acceptors (Lipinski definition) is 5. The first-order chi connectivity index (χ1) is 13.5. The van der Waals surface area contributed by atoms with Gasteiger partial charge >= 0.3 is 0 Å². The first-order valence-corrected chi connectivity index (χ1v) is 9.46. The van der Waals surface area contributed by atoms with E-state index in [0.717, 1.165) is 29.6 Å². The zero-order valence-electron chi connectivity index (χ0n) is 15.8. The molecule has 4 N–H and O–H groups in total. The number of rotatable bonds is 2. The smallest absolute Gasteiger partial charge is 0.248 e. The van der Waals surface area contributed by atoms with Crippen molar-refractivity contribution in [2.75, 3.05) is 5.73 Å². The maximum Gasteiger partial charge on any atom is 0.248 e. The quantitative estimate of drug-likeness (QED) is 0.670. The Hall–Kier alpha value is -3.40. The molecule has 1 amide bonds. The highest BCUT2D eigenvalue weighted by atomic mass is 16.1. The third-order valence-electron chi connectivity index (χ3n) is 5.28. The monoisotopic (exact) mass is 374 g/mol. The van der Waals surface area contributed by atoms with Gasteiger partial charge in [0.2, 0.25) is 5.91 Å². The Morgan fingerprint density at radius 1 is 1.18 bits per heavy atom. The van der Waals surface area contributed by atoms with Crippen LogP contribution < -0.4 is 11.5 Å². The third-order valence-corrected chi connectivity index (χ3v) is 5.28. The van der Waals surface area contributed by atoms with Crippen molar-refractivity contribution in [1.29, 1.82) is 0 Å². The van der Waals surface area contributed by atoms with Crippen LogP contribution in [0.1, 0.15) is 65.3 Å². The number of nitrogens with two attached hydrogens (primary N) is 2. The molecular weight excluding hydrogens is 352 g/mol. The molecule has 2 aromatic heterocycles. The van der Waals surface area contributed by atoms with Crippen LogP contribution in [0.15, 0.2) is 24.5 Å². The van der Waals surface area contributed by atoms with Gasteiger partial charge in [-0.05, 0) is 43.4 Å². The number of hydrogen-bond donors (Lipinski definition) is 2. The van der Waals surface area contributed by atoms with Gasteiger partial charge in [-0.3, -0.25) is 4.79 Å². The van der Waals surface area contributed by atoms with Gasteiger partial charge in [0, 0.05) is 11.1 Å². The molecule has 7 heteroatoms. The predicted molar refractivity (Wildman–Crippen MR) is 108 cm³/mol. The zero-order chi connectivity index (χ0) is 19.7. The number of benzene rings is 1. The largest absolute Gasteiger partial charge is 0.383 e. The van der Waals surface area contributed by atoms with Crippen molar-refractivity contribution >= 4 is 22.8 Å². The fourth-order valence-corrected chi connectivity index (χ4v) is 3.70. The highest BCUT2D eigenvalue weighted by Gasteiger charge is 2.22. The van der Waals surface area contributed by atoms with E-state index in [0.29, 0.717) is 28.5 Å². The van der Waals surface area contributed by atoms with Gasteiger partial charge in [-0.2, -0.15) is 5.10 Å². The second-order valence-electron chi connectivity index (χ2n) is 7.19. The SMILES string of the molecule is Cc1ccc(C(N)=O)cc1C#Cc1nn(C2CCCCC2)c2ncnc(N)c12. The zero-order valence-corrected chi connectivity index (χ0v) is 15.8. The van der Waals surface area contributed by atoms with E-state index < -0.39 is 5.91 Å². The first kappa shape index (κ1) is 18.0. The van der Waals surface area contributed by atoms with Gasteiger partial charge in [-0.15, -0.1) is 0 Å². The van der Waals surface area contributed by atoms with Crippen LogP contribution in [0.5, 0.6) is 0 Å². The average Bonchev–Trinajstić information content (AvgIpc) is 3.08. The van der Waals surface area contributed by atoms with E-state index in [9.17, 15) is 4.79 Å². The van der Waals surface area contributed by atoms with Crippen molar-refractivity contribution in [1.82, 2.24) is 19.7 Å². The second kappa shape index (κ2) is 7.31. The molecule has 7 nitrogen and oxygen atoms in total. The summed E-state index contributed by atoms with van der Waals surface area (Å²) in [5, 5.41) is 5.43. The molecule has 1 aliphatic rings. The summed E-state index contributed by atoms with van der Waals surface area (Å²) in [6, 6.07) is 5.54. The minimum Gasteiger partial charge on any atom is -0.383 e. The lowest BCUT2D eigenvalue weighted by atomic mass is 9.96. The predicted octanol–water partition coefficient (Wildman–Crippen LogP) is 2.72. The summed E-state index contributed by atoms with van der Waals surface area (Å²) in [6.07, 6.45) is 7.26. The number of primary amides is 1. The number of aryl methyl sites for hydroxylation is 1. The van der Waals surface area contributed by atoms with Crippen LogP contribution in [0.2, 0.25) is 0 Å². The molecule has 3 aromatic rings. The summed E-state index contributed by atoms with van der Waals surface area (Å²) >= 11 is 0. The molecule has 142 valence electrons. The average molecular weight is 374 g/mol. The minimum absolute atomic E-state index is 0.307. The Morgan fingerprint density at radius 2 is 1.96 bits per heavy atom. The number of anilines is 1. The summed E-state index contributed by atoms with van der Waals surface area (Å²) in [4.78, 5) is 20.0. The molecule has 0 radical (unpaired) electrons. The number of nitrogens with zero attached hydrogens (tertiary/aromatic N) is 4. The van der Waals surface area contributed by atoms with E-state index >= 15 is 0 Å². The summed E-state index contributed by atoms with van der Waals surface area (Å²) < 4.78 is 1.96. The molecule has 1 aliphatic carbocycles. The molecule has 0 aliphatic heterocycles. The van der Waals surface area contributed by atoms with Gasteiger partial charge in [0.1, 0.15) is 17.8 Å². The van der Waals surface area contributed by atoms with E-state index in [1.165, 1.54) is 25.6 Å². The van der Waals surface area contributed by atoms with Crippen LogP contribution in [0.3, 0.4) is 0 Å². The van der Waals surface area contributed by atoms with Gasteiger partial charge in [0.25, 0.3) is 0 Å². The van der Waals surface area contributed by atoms with Gasteiger partial charge in [0.15, 0.2) is 5.65 Å². The molecule has 0 unspecified atom stereocenters. The van der Waals surface area contributed by atoms with E-state index in [-0.39, 0.29) is 0 Å². The van der Waals surface area contributed by atoms with E-state index in [1.807, 2.05) is 17.7 Å². The van der Waals surface area contributed by atoms with E-state index in [2.05, 4.69) is 21.8 Å². The summed E-state index contributed by atoms with van der Waals surface area (Å²) in [6.45, 7) is 1.94. The van der Waals surface area contributed by atoms with Gasteiger partial charge < -0.3 is 11.5 Å². The fourth-order valence-electron chi connectivity index (χ4n) is 3.70. The minimum atomic E-state index is -0.479. The van der Waals surface area contributed by atoms with Crippen molar-refractivity contribution in [3.05, 3.63) is 46.9 Å². The molecule has 1 aromatic carbocycles. The number of aromatic nitrogens is 4. The number of amides is 1. The molecule has 0 saturated heterocycles.